The van der Waals surface area contributed by atoms with Crippen LogP contribution in [-0.4, -0.2) is 30.6 Å². The van der Waals surface area contributed by atoms with Gasteiger partial charge in [0.1, 0.15) is 0 Å². The van der Waals surface area contributed by atoms with Gasteiger partial charge in [0.05, 0.1) is 0 Å². The molecule has 0 aromatic heterocycles. The van der Waals surface area contributed by atoms with Gasteiger partial charge in [-0.25, -0.2) is 0 Å². The Bertz CT molecular complexity index is 341. The maximum Gasteiger partial charge on any atom is 0.0175 e. The van der Waals surface area contributed by atoms with Crippen molar-refractivity contribution in [1.29, 1.82) is 0 Å². The van der Waals surface area contributed by atoms with E-state index in [1.54, 1.807) is 0 Å². The van der Waals surface area contributed by atoms with Crippen molar-refractivity contribution in [1.82, 2.24) is 4.90 Å². The summed E-state index contributed by atoms with van der Waals surface area (Å²) in [6.07, 6.45) is 3.35. The molecule has 0 bridgehead atoms. The van der Waals surface area contributed by atoms with E-state index in [9.17, 15) is 0 Å². The minimum atomic E-state index is -0.0352. The fourth-order valence-electron chi connectivity index (χ4n) is 1.89. The molecule has 0 aliphatic carbocycles. The quantitative estimate of drug-likeness (QED) is 0.835. The first-order chi connectivity index (χ1) is 8.37. The highest BCUT2D eigenvalue weighted by atomic mass is 79.9. The van der Waals surface area contributed by atoms with Crippen molar-refractivity contribution in [2.24, 2.45) is 5.73 Å². The molecule has 0 radical (unpaired) electrons. The van der Waals surface area contributed by atoms with Gasteiger partial charge in [-0.3, -0.25) is 0 Å². The summed E-state index contributed by atoms with van der Waals surface area (Å²) in [6, 6.07) is 8.57. The van der Waals surface area contributed by atoms with Crippen molar-refractivity contribution in [3.05, 3.63) is 34.3 Å². The van der Waals surface area contributed by atoms with Crippen LogP contribution in [0.1, 0.15) is 32.3 Å². The summed E-state index contributed by atoms with van der Waals surface area (Å²) in [6.45, 7) is 6.41. The summed E-state index contributed by atoms with van der Waals surface area (Å²) in [7, 11) is 2.18. The predicted molar refractivity (Wildman–Crippen MR) is 82.8 cm³/mol. The lowest BCUT2D eigenvalue weighted by atomic mass is 10.00. The number of hydrogen-bond acceptors (Lipinski definition) is 2. The number of likely N-dealkylation sites (N-methyl/N-ethyl adjacent to an activating group) is 1. The first-order valence-electron chi connectivity index (χ1n) is 6.59. The SMILES string of the molecule is CN(CCCC(C)(C)N)CCc1ccc(Br)cc1. The summed E-state index contributed by atoms with van der Waals surface area (Å²) in [5.74, 6) is 0. The van der Waals surface area contributed by atoms with Gasteiger partial charge in [0.2, 0.25) is 0 Å². The van der Waals surface area contributed by atoms with Crippen molar-refractivity contribution < 1.29 is 0 Å². The molecule has 1 rings (SSSR count). The van der Waals surface area contributed by atoms with E-state index >= 15 is 0 Å². The highest BCUT2D eigenvalue weighted by Gasteiger charge is 2.10. The Morgan fingerprint density at radius 1 is 1.17 bits per heavy atom. The summed E-state index contributed by atoms with van der Waals surface area (Å²) < 4.78 is 1.14. The molecule has 0 aliphatic rings. The first-order valence-corrected chi connectivity index (χ1v) is 7.38. The van der Waals surface area contributed by atoms with Crippen LogP contribution in [0.25, 0.3) is 0 Å². The maximum absolute atomic E-state index is 5.98. The lowest BCUT2D eigenvalue weighted by Crippen LogP contribution is -2.33. The molecule has 0 saturated heterocycles. The largest absolute Gasteiger partial charge is 0.326 e. The van der Waals surface area contributed by atoms with E-state index in [1.165, 1.54) is 12.0 Å². The minimum absolute atomic E-state index is 0.0352. The fourth-order valence-corrected chi connectivity index (χ4v) is 2.15. The Morgan fingerprint density at radius 3 is 2.33 bits per heavy atom. The molecule has 3 heteroatoms. The standard InChI is InChI=1S/C15H25BrN2/c1-15(2,17)10-4-11-18(3)12-9-13-5-7-14(16)8-6-13/h5-8H,4,9-12,17H2,1-3H3. The van der Waals surface area contributed by atoms with Crippen LogP contribution in [0.3, 0.4) is 0 Å². The molecule has 18 heavy (non-hydrogen) atoms. The van der Waals surface area contributed by atoms with Crippen LogP contribution >= 0.6 is 15.9 Å². The smallest absolute Gasteiger partial charge is 0.0175 e. The van der Waals surface area contributed by atoms with Crippen LogP contribution in [0, 0.1) is 0 Å². The molecule has 2 nitrogen and oxygen atoms in total. The monoisotopic (exact) mass is 312 g/mol. The predicted octanol–water partition coefficient (Wildman–Crippen LogP) is 3.44. The van der Waals surface area contributed by atoms with Crippen LogP contribution in [-0.2, 0) is 6.42 Å². The van der Waals surface area contributed by atoms with Gasteiger partial charge in [0.25, 0.3) is 0 Å². The number of nitrogens with two attached hydrogens (primary N) is 1. The molecular weight excluding hydrogens is 288 g/mol. The molecule has 0 saturated carbocycles. The van der Waals surface area contributed by atoms with Gasteiger partial charge in [-0.2, -0.15) is 0 Å². The first kappa shape index (κ1) is 15.7. The van der Waals surface area contributed by atoms with Gasteiger partial charge in [-0.05, 0) is 64.4 Å². The van der Waals surface area contributed by atoms with E-state index in [4.69, 9.17) is 5.73 Å². The zero-order chi connectivity index (χ0) is 13.6. The summed E-state index contributed by atoms with van der Waals surface area (Å²) in [5.41, 5.74) is 7.34. The minimum Gasteiger partial charge on any atom is -0.326 e. The molecule has 0 fully saturated rings. The molecule has 1 aromatic rings. The van der Waals surface area contributed by atoms with Crippen LogP contribution in [0.5, 0.6) is 0 Å². The number of benzene rings is 1. The Morgan fingerprint density at radius 2 is 1.78 bits per heavy atom. The van der Waals surface area contributed by atoms with Gasteiger partial charge in [0.15, 0.2) is 0 Å². The zero-order valence-corrected chi connectivity index (χ0v) is 13.3. The Balaban J connectivity index is 2.21. The molecule has 0 amide bonds. The highest BCUT2D eigenvalue weighted by molar-refractivity contribution is 9.10. The van der Waals surface area contributed by atoms with Gasteiger partial charge < -0.3 is 10.6 Å². The third-order valence-electron chi connectivity index (χ3n) is 3.06. The molecule has 2 N–H and O–H groups in total. The molecule has 0 spiro atoms. The lowest BCUT2D eigenvalue weighted by Gasteiger charge is -2.21. The molecule has 0 aliphatic heterocycles. The van der Waals surface area contributed by atoms with Crippen LogP contribution < -0.4 is 5.73 Å². The fraction of sp³-hybridized carbons (Fsp3) is 0.600. The molecule has 102 valence electrons. The van der Waals surface area contributed by atoms with Gasteiger partial charge >= 0.3 is 0 Å². The summed E-state index contributed by atoms with van der Waals surface area (Å²) in [4.78, 5) is 2.38. The highest BCUT2D eigenvalue weighted by Crippen LogP contribution is 2.11. The second-order valence-electron chi connectivity index (χ2n) is 5.77. The third-order valence-corrected chi connectivity index (χ3v) is 3.59. The Labute approximate surface area is 120 Å². The van der Waals surface area contributed by atoms with Crippen LogP contribution in [0.4, 0.5) is 0 Å². The van der Waals surface area contributed by atoms with E-state index in [1.807, 2.05) is 0 Å². The Kier molecular flexibility index (Phi) is 6.33. The average Bonchev–Trinajstić information content (AvgIpc) is 2.26. The van der Waals surface area contributed by atoms with E-state index in [0.29, 0.717) is 0 Å². The third kappa shape index (κ3) is 7.14. The van der Waals surface area contributed by atoms with Gasteiger partial charge in [0, 0.05) is 16.6 Å². The molecule has 1 aromatic carbocycles. The molecule has 0 unspecified atom stereocenters. The lowest BCUT2D eigenvalue weighted by molar-refractivity contribution is 0.313. The molecular formula is C15H25BrN2. The van der Waals surface area contributed by atoms with Crippen molar-refractivity contribution in [3.8, 4) is 0 Å². The Hall–Kier alpha value is -0.380. The average molecular weight is 313 g/mol. The van der Waals surface area contributed by atoms with Crippen LogP contribution in [0.15, 0.2) is 28.7 Å². The van der Waals surface area contributed by atoms with Crippen molar-refractivity contribution >= 4 is 15.9 Å². The topological polar surface area (TPSA) is 29.3 Å². The summed E-state index contributed by atoms with van der Waals surface area (Å²) in [5, 5.41) is 0. The maximum atomic E-state index is 5.98. The van der Waals surface area contributed by atoms with E-state index in [-0.39, 0.29) is 5.54 Å². The molecule has 0 atom stereocenters. The number of rotatable bonds is 7. The van der Waals surface area contributed by atoms with Crippen LogP contribution in [0.2, 0.25) is 0 Å². The van der Waals surface area contributed by atoms with Crippen molar-refractivity contribution in [3.63, 3.8) is 0 Å². The number of hydrogen-bond donors (Lipinski definition) is 1. The van der Waals surface area contributed by atoms with E-state index in [2.05, 4.69) is 66.0 Å². The second kappa shape index (κ2) is 7.27. The molecule has 0 heterocycles. The van der Waals surface area contributed by atoms with Crippen molar-refractivity contribution in [2.45, 2.75) is 38.6 Å². The number of halogens is 1. The number of nitrogens with zero attached hydrogens (tertiary/aromatic N) is 1. The normalized spacial score (nSPS) is 12.1. The van der Waals surface area contributed by atoms with E-state index < -0.39 is 0 Å². The van der Waals surface area contributed by atoms with Crippen molar-refractivity contribution in [2.75, 3.05) is 20.1 Å². The van der Waals surface area contributed by atoms with E-state index in [0.717, 1.165) is 30.4 Å². The second-order valence-corrected chi connectivity index (χ2v) is 6.69. The van der Waals surface area contributed by atoms with Gasteiger partial charge in [-0.1, -0.05) is 28.1 Å². The zero-order valence-electron chi connectivity index (χ0n) is 11.7. The summed E-state index contributed by atoms with van der Waals surface area (Å²) >= 11 is 3.46. The van der Waals surface area contributed by atoms with Gasteiger partial charge in [-0.15, -0.1) is 0 Å².